The Kier molecular flexibility index (Phi) is 4.36. The summed E-state index contributed by atoms with van der Waals surface area (Å²) in [5.74, 6) is -0.199. The summed E-state index contributed by atoms with van der Waals surface area (Å²) in [6, 6.07) is 11.0. The number of carbonyl (C=O) groups is 1. The van der Waals surface area contributed by atoms with E-state index in [1.165, 1.54) is 17.4 Å². The number of halogens is 1. The molecule has 3 aromatic rings. The summed E-state index contributed by atoms with van der Waals surface area (Å²) in [6.45, 7) is 6.67. The summed E-state index contributed by atoms with van der Waals surface area (Å²) in [4.78, 5) is 21.3. The molecule has 0 N–H and O–H groups in total. The first-order chi connectivity index (χ1) is 12.5. The van der Waals surface area contributed by atoms with Gasteiger partial charge in [-0.15, -0.1) is 0 Å². The monoisotopic (exact) mass is 369 g/mol. The minimum atomic E-state index is -0.284. The Bertz CT molecular complexity index is 976. The molecule has 0 bridgehead atoms. The van der Waals surface area contributed by atoms with E-state index in [1.54, 1.807) is 6.07 Å². The van der Waals surface area contributed by atoms with Gasteiger partial charge in [-0.05, 0) is 37.6 Å². The predicted molar refractivity (Wildman–Crippen MR) is 104 cm³/mol. The summed E-state index contributed by atoms with van der Waals surface area (Å²) in [5.41, 5.74) is 3.31. The van der Waals surface area contributed by atoms with Gasteiger partial charge < -0.3 is 9.80 Å². The van der Waals surface area contributed by atoms with E-state index >= 15 is 0 Å². The van der Waals surface area contributed by atoms with Crippen molar-refractivity contribution in [3.8, 4) is 0 Å². The van der Waals surface area contributed by atoms with Crippen molar-refractivity contribution in [3.05, 3.63) is 58.9 Å². The van der Waals surface area contributed by atoms with Crippen LogP contribution in [0.15, 0.2) is 36.4 Å². The minimum Gasteiger partial charge on any atom is -0.345 e. The molecule has 1 aliphatic rings. The number of thiazole rings is 1. The Labute approximate surface area is 155 Å². The molecular formula is C20H20FN3OS. The van der Waals surface area contributed by atoms with Gasteiger partial charge in [-0.25, -0.2) is 9.37 Å². The average molecular weight is 369 g/mol. The Morgan fingerprint density at radius 3 is 2.62 bits per heavy atom. The number of aryl methyl sites for hydroxylation is 2. The number of anilines is 1. The van der Waals surface area contributed by atoms with E-state index in [9.17, 15) is 9.18 Å². The van der Waals surface area contributed by atoms with Gasteiger partial charge in [-0.2, -0.15) is 0 Å². The molecule has 26 heavy (non-hydrogen) atoms. The number of fused-ring (bicyclic) bond motifs is 1. The molecule has 1 fully saturated rings. The van der Waals surface area contributed by atoms with E-state index < -0.39 is 0 Å². The first kappa shape index (κ1) is 17.0. The number of amides is 1. The molecule has 2 heterocycles. The maximum atomic E-state index is 13.9. The number of carbonyl (C=O) groups excluding carboxylic acids is 1. The second-order valence-corrected chi connectivity index (χ2v) is 7.69. The Morgan fingerprint density at radius 2 is 1.88 bits per heavy atom. The Morgan fingerprint density at radius 1 is 1.12 bits per heavy atom. The molecule has 1 aromatic heterocycles. The highest BCUT2D eigenvalue weighted by molar-refractivity contribution is 7.22. The van der Waals surface area contributed by atoms with Crippen molar-refractivity contribution in [2.24, 2.45) is 0 Å². The van der Waals surface area contributed by atoms with Gasteiger partial charge in [0.1, 0.15) is 11.3 Å². The van der Waals surface area contributed by atoms with Gasteiger partial charge in [-0.3, -0.25) is 4.79 Å². The minimum absolute atomic E-state index is 0.0844. The molecule has 0 spiro atoms. The fraction of sp³-hybridized carbons (Fsp3) is 0.300. The number of aromatic nitrogens is 1. The van der Waals surface area contributed by atoms with E-state index in [-0.39, 0.29) is 11.7 Å². The molecule has 1 aliphatic heterocycles. The average Bonchev–Trinajstić information content (AvgIpc) is 3.09. The number of rotatable bonds is 2. The topological polar surface area (TPSA) is 36.4 Å². The molecule has 1 saturated heterocycles. The largest absolute Gasteiger partial charge is 0.345 e. The molecule has 1 amide bonds. The van der Waals surface area contributed by atoms with E-state index in [2.05, 4.69) is 9.88 Å². The third kappa shape index (κ3) is 3.05. The summed E-state index contributed by atoms with van der Waals surface area (Å²) in [5, 5.41) is 0.823. The van der Waals surface area contributed by atoms with Crippen molar-refractivity contribution in [3.63, 3.8) is 0 Å². The van der Waals surface area contributed by atoms with Crippen LogP contribution in [0.25, 0.3) is 10.2 Å². The van der Waals surface area contributed by atoms with Crippen molar-refractivity contribution in [1.29, 1.82) is 0 Å². The fourth-order valence-corrected chi connectivity index (χ4v) is 4.31. The van der Waals surface area contributed by atoms with Gasteiger partial charge in [0, 0.05) is 31.7 Å². The van der Waals surface area contributed by atoms with Crippen LogP contribution in [0.1, 0.15) is 21.5 Å². The molecule has 6 heteroatoms. The lowest BCUT2D eigenvalue weighted by Crippen LogP contribution is -2.48. The first-order valence-electron chi connectivity index (χ1n) is 8.69. The molecule has 0 saturated carbocycles. The number of nitrogens with zero attached hydrogens (tertiary/aromatic N) is 3. The number of para-hydroxylation sites is 1. The molecule has 4 rings (SSSR count). The van der Waals surface area contributed by atoms with Crippen LogP contribution in [0.3, 0.4) is 0 Å². The van der Waals surface area contributed by atoms with Crippen LogP contribution in [0.4, 0.5) is 9.52 Å². The van der Waals surface area contributed by atoms with Crippen molar-refractivity contribution in [2.75, 3.05) is 31.1 Å². The SMILES string of the molecule is Cc1ccc(C)c(C(=O)N2CCN(c3nc4c(F)cccc4s3)CC2)c1. The molecule has 4 nitrogen and oxygen atoms in total. The molecule has 2 aromatic carbocycles. The highest BCUT2D eigenvalue weighted by atomic mass is 32.1. The smallest absolute Gasteiger partial charge is 0.254 e. The summed E-state index contributed by atoms with van der Waals surface area (Å²) in [6.07, 6.45) is 0. The Balaban J connectivity index is 1.49. The van der Waals surface area contributed by atoms with E-state index in [4.69, 9.17) is 0 Å². The van der Waals surface area contributed by atoms with E-state index in [0.29, 0.717) is 31.7 Å². The standard InChI is InChI=1S/C20H20FN3OS/c1-13-6-7-14(2)15(12-13)19(25)23-8-10-24(11-9-23)20-22-18-16(21)4-3-5-17(18)26-20/h3-7,12H,8-11H2,1-2H3. The summed E-state index contributed by atoms with van der Waals surface area (Å²) >= 11 is 1.50. The number of hydrogen-bond donors (Lipinski definition) is 0. The first-order valence-corrected chi connectivity index (χ1v) is 9.51. The van der Waals surface area contributed by atoms with Gasteiger partial charge >= 0.3 is 0 Å². The van der Waals surface area contributed by atoms with Crippen LogP contribution < -0.4 is 4.90 Å². The second-order valence-electron chi connectivity index (χ2n) is 6.68. The zero-order valence-electron chi connectivity index (χ0n) is 14.8. The van der Waals surface area contributed by atoms with Gasteiger partial charge in [0.2, 0.25) is 0 Å². The van der Waals surface area contributed by atoms with Gasteiger partial charge in [0.25, 0.3) is 5.91 Å². The summed E-state index contributed by atoms with van der Waals surface area (Å²) < 4.78 is 14.7. The fourth-order valence-electron chi connectivity index (χ4n) is 3.28. The van der Waals surface area contributed by atoms with Gasteiger partial charge in [0.05, 0.1) is 4.70 Å². The molecule has 0 radical (unpaired) electrons. The lowest BCUT2D eigenvalue weighted by atomic mass is 10.0. The van der Waals surface area contributed by atoms with Crippen LogP contribution >= 0.6 is 11.3 Å². The lowest BCUT2D eigenvalue weighted by molar-refractivity contribution is 0.0746. The third-order valence-corrected chi connectivity index (χ3v) is 5.90. The van der Waals surface area contributed by atoms with Gasteiger partial charge in [-0.1, -0.05) is 35.1 Å². The van der Waals surface area contributed by atoms with Crippen molar-refractivity contribution < 1.29 is 9.18 Å². The highest BCUT2D eigenvalue weighted by Crippen LogP contribution is 2.30. The van der Waals surface area contributed by atoms with E-state index in [0.717, 1.165) is 26.5 Å². The molecular weight excluding hydrogens is 349 g/mol. The zero-order valence-corrected chi connectivity index (χ0v) is 15.6. The summed E-state index contributed by atoms with van der Waals surface area (Å²) in [7, 11) is 0. The molecule has 134 valence electrons. The maximum Gasteiger partial charge on any atom is 0.254 e. The van der Waals surface area contributed by atoms with Crippen molar-refractivity contribution in [2.45, 2.75) is 13.8 Å². The van der Waals surface area contributed by atoms with Crippen molar-refractivity contribution in [1.82, 2.24) is 9.88 Å². The number of hydrogen-bond acceptors (Lipinski definition) is 4. The highest BCUT2D eigenvalue weighted by Gasteiger charge is 2.25. The Hall–Kier alpha value is -2.47. The van der Waals surface area contributed by atoms with Crippen LogP contribution in [0, 0.1) is 19.7 Å². The lowest BCUT2D eigenvalue weighted by Gasteiger charge is -2.34. The number of piperazine rings is 1. The van der Waals surface area contributed by atoms with Crippen molar-refractivity contribution >= 4 is 32.6 Å². The van der Waals surface area contributed by atoms with Crippen LogP contribution in [0.5, 0.6) is 0 Å². The van der Waals surface area contributed by atoms with Gasteiger partial charge in [0.15, 0.2) is 5.13 Å². The molecule has 0 aliphatic carbocycles. The number of benzene rings is 2. The maximum absolute atomic E-state index is 13.9. The van der Waals surface area contributed by atoms with Crippen LogP contribution in [0.2, 0.25) is 0 Å². The third-order valence-electron chi connectivity index (χ3n) is 4.82. The van der Waals surface area contributed by atoms with E-state index in [1.807, 2.05) is 43.0 Å². The quantitative estimate of drug-likeness (QED) is 0.685. The zero-order chi connectivity index (χ0) is 18.3. The van der Waals surface area contributed by atoms with Crippen LogP contribution in [-0.4, -0.2) is 42.0 Å². The van der Waals surface area contributed by atoms with Crippen LogP contribution in [-0.2, 0) is 0 Å². The molecule has 0 unspecified atom stereocenters. The predicted octanol–water partition coefficient (Wildman–Crippen LogP) is 4.01. The normalized spacial score (nSPS) is 14.9. The molecule has 0 atom stereocenters. The second kappa shape index (κ2) is 6.68.